The molecular weight excluding hydrogens is 302 g/mol. The Kier molecular flexibility index (Phi) is 4.15. The number of aliphatic hydroxyl groups is 1. The van der Waals surface area contributed by atoms with Gasteiger partial charge in [0.15, 0.2) is 0 Å². The standard InChI is InChI=1S/C12H12BrNO2S/c1-2-16-9-5-3-8(4-6-9)12-14-11(13)10(7-15)17-12/h3-6,15H,2,7H2,1H3. The molecule has 1 aromatic carbocycles. The number of aromatic nitrogens is 1. The molecular formula is C12H12BrNO2S. The third kappa shape index (κ3) is 2.86. The summed E-state index contributed by atoms with van der Waals surface area (Å²) in [7, 11) is 0. The average molecular weight is 314 g/mol. The highest BCUT2D eigenvalue weighted by Gasteiger charge is 2.09. The van der Waals surface area contributed by atoms with Gasteiger partial charge in [0, 0.05) is 5.56 Å². The van der Waals surface area contributed by atoms with Crippen LogP contribution in [0.5, 0.6) is 5.75 Å². The second-order valence-corrected chi connectivity index (χ2v) is 5.18. The molecule has 2 rings (SSSR count). The molecule has 0 radical (unpaired) electrons. The lowest BCUT2D eigenvalue weighted by molar-refractivity contribution is 0.284. The van der Waals surface area contributed by atoms with Crippen LogP contribution in [0.1, 0.15) is 11.8 Å². The topological polar surface area (TPSA) is 42.4 Å². The number of aliphatic hydroxyl groups excluding tert-OH is 1. The fourth-order valence-electron chi connectivity index (χ4n) is 1.41. The molecule has 17 heavy (non-hydrogen) atoms. The summed E-state index contributed by atoms with van der Waals surface area (Å²) in [5.74, 6) is 0.856. The highest BCUT2D eigenvalue weighted by molar-refractivity contribution is 9.10. The summed E-state index contributed by atoms with van der Waals surface area (Å²) in [6, 6.07) is 7.79. The molecule has 1 heterocycles. The van der Waals surface area contributed by atoms with Crippen LogP contribution in [-0.4, -0.2) is 16.7 Å². The molecule has 0 aliphatic carbocycles. The molecule has 0 amide bonds. The Morgan fingerprint density at radius 2 is 2.06 bits per heavy atom. The number of rotatable bonds is 4. The number of ether oxygens (including phenoxy) is 1. The van der Waals surface area contributed by atoms with E-state index in [2.05, 4.69) is 20.9 Å². The molecule has 1 N–H and O–H groups in total. The number of hydrogen-bond acceptors (Lipinski definition) is 4. The van der Waals surface area contributed by atoms with Crippen molar-refractivity contribution in [3.05, 3.63) is 33.7 Å². The summed E-state index contributed by atoms with van der Waals surface area (Å²) in [6.45, 7) is 2.63. The van der Waals surface area contributed by atoms with Crippen molar-refractivity contribution in [3.63, 3.8) is 0 Å². The van der Waals surface area contributed by atoms with Crippen LogP contribution in [-0.2, 0) is 6.61 Å². The number of thiazole rings is 1. The van der Waals surface area contributed by atoms with Crippen LogP contribution in [0.2, 0.25) is 0 Å². The lowest BCUT2D eigenvalue weighted by Gasteiger charge is -2.02. The molecule has 0 saturated carbocycles. The van der Waals surface area contributed by atoms with Crippen molar-refractivity contribution in [3.8, 4) is 16.3 Å². The van der Waals surface area contributed by atoms with E-state index in [4.69, 9.17) is 9.84 Å². The smallest absolute Gasteiger partial charge is 0.125 e. The number of halogens is 1. The predicted octanol–water partition coefficient (Wildman–Crippen LogP) is 3.46. The van der Waals surface area contributed by atoms with E-state index in [0.717, 1.165) is 21.2 Å². The average Bonchev–Trinajstić information content (AvgIpc) is 2.72. The molecule has 0 bridgehead atoms. The molecule has 0 spiro atoms. The van der Waals surface area contributed by atoms with Gasteiger partial charge in [-0.25, -0.2) is 4.98 Å². The van der Waals surface area contributed by atoms with Gasteiger partial charge in [-0.1, -0.05) is 0 Å². The monoisotopic (exact) mass is 313 g/mol. The first-order valence-electron chi connectivity index (χ1n) is 5.24. The van der Waals surface area contributed by atoms with Crippen LogP contribution in [0.25, 0.3) is 10.6 Å². The molecule has 0 atom stereocenters. The molecule has 1 aromatic heterocycles. The Morgan fingerprint density at radius 1 is 1.35 bits per heavy atom. The maximum Gasteiger partial charge on any atom is 0.125 e. The fourth-order valence-corrected chi connectivity index (χ4v) is 2.90. The predicted molar refractivity (Wildman–Crippen MR) is 72.3 cm³/mol. The summed E-state index contributed by atoms with van der Waals surface area (Å²) < 4.78 is 6.10. The highest BCUT2D eigenvalue weighted by Crippen LogP contribution is 2.31. The molecule has 0 fully saturated rings. The van der Waals surface area contributed by atoms with Crippen molar-refractivity contribution in [1.29, 1.82) is 0 Å². The van der Waals surface area contributed by atoms with Crippen molar-refractivity contribution in [1.82, 2.24) is 4.98 Å². The number of nitrogens with zero attached hydrogens (tertiary/aromatic N) is 1. The molecule has 5 heteroatoms. The number of hydrogen-bond donors (Lipinski definition) is 1. The quantitative estimate of drug-likeness (QED) is 0.940. The van der Waals surface area contributed by atoms with Gasteiger partial charge in [0.2, 0.25) is 0 Å². The summed E-state index contributed by atoms with van der Waals surface area (Å²) in [5.41, 5.74) is 1.03. The zero-order valence-corrected chi connectivity index (χ0v) is 11.7. The van der Waals surface area contributed by atoms with E-state index in [9.17, 15) is 0 Å². The fraction of sp³-hybridized carbons (Fsp3) is 0.250. The van der Waals surface area contributed by atoms with Crippen molar-refractivity contribution < 1.29 is 9.84 Å². The van der Waals surface area contributed by atoms with Crippen molar-refractivity contribution >= 4 is 27.3 Å². The van der Waals surface area contributed by atoms with E-state index in [1.807, 2.05) is 31.2 Å². The Hall–Kier alpha value is -0.910. The van der Waals surface area contributed by atoms with E-state index >= 15 is 0 Å². The van der Waals surface area contributed by atoms with Gasteiger partial charge >= 0.3 is 0 Å². The van der Waals surface area contributed by atoms with Gasteiger partial charge in [-0.05, 0) is 47.1 Å². The van der Waals surface area contributed by atoms with Gasteiger partial charge in [-0.3, -0.25) is 0 Å². The normalized spacial score (nSPS) is 10.5. The SMILES string of the molecule is CCOc1ccc(-c2nc(Br)c(CO)s2)cc1. The minimum absolute atomic E-state index is 0.00921. The molecule has 0 aliphatic heterocycles. The molecule has 90 valence electrons. The van der Waals surface area contributed by atoms with E-state index in [0.29, 0.717) is 11.2 Å². The van der Waals surface area contributed by atoms with Crippen molar-refractivity contribution in [2.24, 2.45) is 0 Å². The van der Waals surface area contributed by atoms with E-state index < -0.39 is 0 Å². The third-order valence-corrected chi connectivity index (χ3v) is 4.21. The van der Waals surface area contributed by atoms with Gasteiger partial charge in [-0.15, -0.1) is 11.3 Å². The lowest BCUT2D eigenvalue weighted by Crippen LogP contribution is -1.90. The Balaban J connectivity index is 2.26. The van der Waals surface area contributed by atoms with E-state index in [-0.39, 0.29) is 6.61 Å². The van der Waals surface area contributed by atoms with E-state index in [1.54, 1.807) is 0 Å². The summed E-state index contributed by atoms with van der Waals surface area (Å²) in [4.78, 5) is 5.20. The van der Waals surface area contributed by atoms with E-state index in [1.165, 1.54) is 11.3 Å². The highest BCUT2D eigenvalue weighted by atomic mass is 79.9. The Labute approximate surface area is 112 Å². The molecule has 3 nitrogen and oxygen atoms in total. The zero-order chi connectivity index (χ0) is 12.3. The van der Waals surface area contributed by atoms with Gasteiger partial charge in [-0.2, -0.15) is 0 Å². The van der Waals surface area contributed by atoms with Crippen molar-refractivity contribution in [2.75, 3.05) is 6.61 Å². The maximum atomic E-state index is 9.11. The van der Waals surface area contributed by atoms with Crippen LogP contribution in [0, 0.1) is 0 Å². The second kappa shape index (κ2) is 5.62. The van der Waals surface area contributed by atoms with Crippen LogP contribution in [0.4, 0.5) is 0 Å². The second-order valence-electron chi connectivity index (χ2n) is 3.35. The van der Waals surface area contributed by atoms with Crippen molar-refractivity contribution in [2.45, 2.75) is 13.5 Å². The van der Waals surface area contributed by atoms with Gasteiger partial charge in [0.1, 0.15) is 15.4 Å². The lowest BCUT2D eigenvalue weighted by atomic mass is 10.2. The Bertz CT molecular complexity index is 496. The Morgan fingerprint density at radius 3 is 2.59 bits per heavy atom. The largest absolute Gasteiger partial charge is 0.494 e. The minimum Gasteiger partial charge on any atom is -0.494 e. The van der Waals surface area contributed by atoms with Gasteiger partial charge in [0.25, 0.3) is 0 Å². The summed E-state index contributed by atoms with van der Waals surface area (Å²) in [5, 5.41) is 10.0. The molecule has 0 aliphatic rings. The first kappa shape index (κ1) is 12.5. The van der Waals surface area contributed by atoms with Crippen LogP contribution >= 0.6 is 27.3 Å². The first-order chi connectivity index (χ1) is 8.24. The van der Waals surface area contributed by atoms with Crippen LogP contribution in [0.15, 0.2) is 28.9 Å². The van der Waals surface area contributed by atoms with Crippen LogP contribution < -0.4 is 4.74 Å². The third-order valence-electron chi connectivity index (χ3n) is 2.21. The minimum atomic E-state index is 0.00921. The maximum absolute atomic E-state index is 9.11. The molecule has 0 saturated heterocycles. The van der Waals surface area contributed by atoms with Gasteiger partial charge < -0.3 is 9.84 Å². The van der Waals surface area contributed by atoms with Gasteiger partial charge in [0.05, 0.1) is 18.1 Å². The van der Waals surface area contributed by atoms with Crippen LogP contribution in [0.3, 0.4) is 0 Å². The zero-order valence-electron chi connectivity index (χ0n) is 9.31. The summed E-state index contributed by atoms with van der Waals surface area (Å²) >= 11 is 4.81. The first-order valence-corrected chi connectivity index (χ1v) is 6.84. The molecule has 0 unspecified atom stereocenters. The molecule has 2 aromatic rings. The number of benzene rings is 1. The summed E-state index contributed by atoms with van der Waals surface area (Å²) in [6.07, 6.45) is 0.